The Balaban J connectivity index is 0.807. The second-order valence-corrected chi connectivity index (χ2v) is 11.1. The van der Waals surface area contributed by atoms with Gasteiger partial charge in [0.2, 0.25) is 0 Å². The van der Waals surface area contributed by atoms with Gasteiger partial charge in [0.05, 0.1) is 39.1 Å². The molecular weight excluding hydrogens is 572 g/mol. The molecule has 2 heterocycles. The highest BCUT2D eigenvalue weighted by Crippen LogP contribution is 2.26. The van der Waals surface area contributed by atoms with Crippen LogP contribution in [-0.4, -0.2) is 77.8 Å². The first-order valence-corrected chi connectivity index (χ1v) is 15.5. The summed E-state index contributed by atoms with van der Waals surface area (Å²) in [7, 11) is 0. The first-order chi connectivity index (χ1) is 22.2. The van der Waals surface area contributed by atoms with Gasteiger partial charge in [-0.25, -0.2) is 0 Å². The Labute approximate surface area is 264 Å². The predicted molar refractivity (Wildman–Crippen MR) is 171 cm³/mol. The van der Waals surface area contributed by atoms with Crippen LogP contribution in [0, 0.1) is 0 Å². The van der Waals surface area contributed by atoms with Crippen LogP contribution in [-0.2, 0) is 18.9 Å². The Kier molecular flexibility index (Phi) is 10.8. The Bertz CT molecular complexity index is 1430. The number of benzene rings is 4. The van der Waals surface area contributed by atoms with Gasteiger partial charge < -0.3 is 37.9 Å². The minimum atomic E-state index is -0.0437. The van der Waals surface area contributed by atoms with Crippen LogP contribution in [0.1, 0.15) is 6.92 Å². The van der Waals surface area contributed by atoms with E-state index in [1.165, 1.54) is 0 Å². The van der Waals surface area contributed by atoms with Gasteiger partial charge in [-0.2, -0.15) is 0 Å². The molecule has 0 N–H and O–H groups in total. The molecule has 236 valence electrons. The molecule has 2 fully saturated rings. The van der Waals surface area contributed by atoms with Gasteiger partial charge in [0, 0.05) is 0 Å². The molecular formula is C37H40O8. The molecule has 0 aliphatic carbocycles. The molecule has 8 nitrogen and oxygen atoms in total. The minimum Gasteiger partial charge on any atom is -0.491 e. The lowest BCUT2D eigenvalue weighted by Crippen LogP contribution is -2.21. The van der Waals surface area contributed by atoms with E-state index in [9.17, 15) is 0 Å². The lowest BCUT2D eigenvalue weighted by atomic mass is 10.1. The maximum Gasteiger partial charge on any atom is 0.119 e. The van der Waals surface area contributed by atoms with E-state index >= 15 is 0 Å². The summed E-state index contributed by atoms with van der Waals surface area (Å²) in [5, 5.41) is 0. The van der Waals surface area contributed by atoms with Crippen molar-refractivity contribution in [3.63, 3.8) is 0 Å². The molecule has 8 heteroatoms. The topological polar surface area (TPSA) is 80.4 Å². The summed E-state index contributed by atoms with van der Waals surface area (Å²) < 4.78 is 45.1. The normalized spacial score (nSPS) is 17.4. The molecule has 3 unspecified atom stereocenters. The highest BCUT2D eigenvalue weighted by Gasteiger charge is 2.23. The van der Waals surface area contributed by atoms with Crippen LogP contribution in [0.25, 0.3) is 22.3 Å². The lowest BCUT2D eigenvalue weighted by molar-refractivity contribution is -0.0207. The summed E-state index contributed by atoms with van der Waals surface area (Å²) >= 11 is 0. The summed E-state index contributed by atoms with van der Waals surface area (Å²) in [5.41, 5.74) is 4.49. The largest absolute Gasteiger partial charge is 0.491 e. The molecule has 4 aromatic carbocycles. The maximum atomic E-state index is 5.85. The van der Waals surface area contributed by atoms with Crippen LogP contribution >= 0.6 is 0 Å². The quantitative estimate of drug-likeness (QED) is 0.0883. The molecule has 0 spiro atoms. The Morgan fingerprint density at radius 2 is 0.867 bits per heavy atom. The first-order valence-electron chi connectivity index (χ1n) is 15.5. The summed E-state index contributed by atoms with van der Waals surface area (Å²) in [5.74, 6) is 3.33. The van der Waals surface area contributed by atoms with Gasteiger partial charge in [0.15, 0.2) is 0 Å². The van der Waals surface area contributed by atoms with Crippen molar-refractivity contribution in [2.24, 2.45) is 0 Å². The average molecular weight is 613 g/mol. The average Bonchev–Trinajstić information content (AvgIpc) is 4.02. The second kappa shape index (κ2) is 15.8. The molecule has 2 saturated heterocycles. The Hall–Kier alpha value is -4.08. The van der Waals surface area contributed by atoms with E-state index in [4.69, 9.17) is 37.9 Å². The van der Waals surface area contributed by atoms with Crippen molar-refractivity contribution in [1.82, 2.24) is 0 Å². The highest BCUT2D eigenvalue weighted by molar-refractivity contribution is 5.65. The van der Waals surface area contributed by atoms with Crippen LogP contribution in [0.5, 0.6) is 23.0 Å². The third-order valence-electron chi connectivity index (χ3n) is 7.36. The fourth-order valence-electron chi connectivity index (χ4n) is 4.61. The molecule has 0 bridgehead atoms. The van der Waals surface area contributed by atoms with E-state index in [1.807, 2.05) is 55.5 Å². The van der Waals surface area contributed by atoms with Gasteiger partial charge >= 0.3 is 0 Å². The number of ether oxygens (including phenoxy) is 8. The molecule has 2 aliphatic heterocycles. The van der Waals surface area contributed by atoms with Gasteiger partial charge in [-0.3, -0.25) is 0 Å². The molecule has 2 aliphatic rings. The van der Waals surface area contributed by atoms with Crippen molar-refractivity contribution < 1.29 is 37.9 Å². The van der Waals surface area contributed by atoms with Gasteiger partial charge in [0.1, 0.15) is 61.6 Å². The third-order valence-corrected chi connectivity index (χ3v) is 7.36. The monoisotopic (exact) mass is 612 g/mol. The van der Waals surface area contributed by atoms with Crippen LogP contribution in [0.4, 0.5) is 0 Å². The summed E-state index contributed by atoms with van der Waals surface area (Å²) in [6.45, 7) is 7.19. The minimum absolute atomic E-state index is 0.0437. The Morgan fingerprint density at radius 1 is 0.511 bits per heavy atom. The van der Waals surface area contributed by atoms with E-state index in [1.54, 1.807) is 0 Å². The first kappa shape index (κ1) is 30.9. The molecule has 0 amide bonds. The summed E-state index contributed by atoms with van der Waals surface area (Å²) in [4.78, 5) is 0. The van der Waals surface area contributed by atoms with Crippen LogP contribution in [0.15, 0.2) is 97.1 Å². The zero-order chi connectivity index (χ0) is 30.7. The van der Waals surface area contributed by atoms with Crippen molar-refractivity contribution in [3.05, 3.63) is 97.1 Å². The van der Waals surface area contributed by atoms with Crippen LogP contribution in [0.2, 0.25) is 0 Å². The zero-order valence-electron chi connectivity index (χ0n) is 25.6. The smallest absolute Gasteiger partial charge is 0.119 e. The van der Waals surface area contributed by atoms with Crippen LogP contribution in [0.3, 0.4) is 0 Å². The molecule has 3 atom stereocenters. The fourth-order valence-corrected chi connectivity index (χ4v) is 4.61. The Morgan fingerprint density at radius 3 is 1.24 bits per heavy atom. The predicted octanol–water partition coefficient (Wildman–Crippen LogP) is 6.46. The number of epoxide rings is 2. The molecule has 45 heavy (non-hydrogen) atoms. The molecule has 6 rings (SSSR count). The fraction of sp³-hybridized carbons (Fsp3) is 0.351. The summed E-state index contributed by atoms with van der Waals surface area (Å²) in [6, 6.07) is 32.3. The van der Waals surface area contributed by atoms with Crippen molar-refractivity contribution >= 4 is 0 Å². The zero-order valence-corrected chi connectivity index (χ0v) is 25.6. The molecule has 0 aromatic heterocycles. The molecule has 0 saturated carbocycles. The summed E-state index contributed by atoms with van der Waals surface area (Å²) in [6.07, 6.45) is 0.466. The second-order valence-electron chi connectivity index (χ2n) is 11.1. The van der Waals surface area contributed by atoms with E-state index < -0.39 is 0 Å². The van der Waals surface area contributed by atoms with Crippen molar-refractivity contribution in [2.45, 2.75) is 25.2 Å². The number of rotatable bonds is 19. The van der Waals surface area contributed by atoms with E-state index in [0.717, 1.165) is 58.5 Å². The van der Waals surface area contributed by atoms with Crippen molar-refractivity contribution in [3.8, 4) is 45.3 Å². The van der Waals surface area contributed by atoms with E-state index in [2.05, 4.69) is 48.5 Å². The number of hydrogen-bond donors (Lipinski definition) is 0. The third kappa shape index (κ3) is 10.2. The SMILES string of the molecule is CC(COCCOc1ccc(-c2ccc(OCC3CO3)cc2)cc1)OCCOc1ccc(-c2ccc(OCC3CO3)cc2)cc1. The van der Waals surface area contributed by atoms with Gasteiger partial charge in [-0.15, -0.1) is 0 Å². The van der Waals surface area contributed by atoms with E-state index in [0.29, 0.717) is 46.2 Å². The molecule has 4 aromatic rings. The van der Waals surface area contributed by atoms with Crippen molar-refractivity contribution in [1.29, 1.82) is 0 Å². The standard InChI is InChI=1S/C37H40O8/c1-27(39-20-21-41-33-12-4-29(5-13-33)31-8-16-35(17-9-31)43-24-37-26-45-37)22-38-18-19-40-32-10-2-28(3-11-32)30-6-14-34(15-7-30)42-23-36-25-44-36/h2-17,27,36-37H,18-26H2,1H3. The van der Waals surface area contributed by atoms with E-state index in [-0.39, 0.29) is 18.3 Å². The van der Waals surface area contributed by atoms with Crippen LogP contribution < -0.4 is 18.9 Å². The molecule has 0 radical (unpaired) electrons. The highest BCUT2D eigenvalue weighted by atomic mass is 16.6. The maximum absolute atomic E-state index is 5.85. The van der Waals surface area contributed by atoms with Crippen molar-refractivity contribution in [2.75, 3.05) is 59.5 Å². The van der Waals surface area contributed by atoms with Gasteiger partial charge in [-0.05, 0) is 77.7 Å². The van der Waals surface area contributed by atoms with Gasteiger partial charge in [0.25, 0.3) is 0 Å². The van der Waals surface area contributed by atoms with Gasteiger partial charge in [-0.1, -0.05) is 48.5 Å². The lowest BCUT2D eigenvalue weighted by Gasteiger charge is -2.14. The number of hydrogen-bond acceptors (Lipinski definition) is 8.